The summed E-state index contributed by atoms with van der Waals surface area (Å²) in [5, 5.41) is 10.5. The average Bonchev–Trinajstić information content (AvgIpc) is 2.84. The first kappa shape index (κ1) is 11.3. The highest BCUT2D eigenvalue weighted by molar-refractivity contribution is 7.09. The molecule has 2 aromatic heterocycles. The molecule has 1 N–H and O–H groups in total. The van der Waals surface area contributed by atoms with Crippen molar-refractivity contribution in [3.63, 3.8) is 0 Å². The first-order valence-corrected chi connectivity index (χ1v) is 6.10. The van der Waals surface area contributed by atoms with Gasteiger partial charge in [0.15, 0.2) is 0 Å². The van der Waals surface area contributed by atoms with Crippen LogP contribution in [0.3, 0.4) is 0 Å². The Morgan fingerprint density at radius 1 is 1.50 bits per heavy atom. The van der Waals surface area contributed by atoms with Crippen LogP contribution < -0.4 is 5.32 Å². The fourth-order valence-corrected chi connectivity index (χ4v) is 2.15. The van der Waals surface area contributed by atoms with Gasteiger partial charge in [-0.05, 0) is 20.8 Å². The van der Waals surface area contributed by atoms with Crippen LogP contribution in [-0.4, -0.2) is 10.1 Å². The van der Waals surface area contributed by atoms with Crippen molar-refractivity contribution in [1.29, 1.82) is 0 Å². The van der Waals surface area contributed by atoms with Crippen molar-refractivity contribution in [3.05, 3.63) is 33.6 Å². The van der Waals surface area contributed by atoms with Gasteiger partial charge in [-0.25, -0.2) is 4.98 Å². The van der Waals surface area contributed by atoms with Gasteiger partial charge in [-0.15, -0.1) is 11.3 Å². The zero-order chi connectivity index (χ0) is 11.5. The maximum atomic E-state index is 5.00. The van der Waals surface area contributed by atoms with Gasteiger partial charge in [-0.3, -0.25) is 0 Å². The van der Waals surface area contributed by atoms with E-state index in [1.54, 1.807) is 11.3 Å². The molecular weight excluding hydrogens is 222 g/mol. The summed E-state index contributed by atoms with van der Waals surface area (Å²) in [6.07, 6.45) is 0. The third-order valence-electron chi connectivity index (χ3n) is 2.35. The minimum absolute atomic E-state index is 0.238. The SMILES string of the molecule is Cc1cc(CNC(C)c2csc(C)n2)no1. The molecule has 2 heterocycles. The van der Waals surface area contributed by atoms with Crippen molar-refractivity contribution >= 4 is 11.3 Å². The molecule has 0 saturated heterocycles. The number of thiazole rings is 1. The Balaban J connectivity index is 1.91. The second kappa shape index (κ2) is 4.76. The Labute approximate surface area is 98.7 Å². The molecule has 1 unspecified atom stereocenters. The van der Waals surface area contributed by atoms with Crippen LogP contribution in [-0.2, 0) is 6.54 Å². The molecule has 16 heavy (non-hydrogen) atoms. The zero-order valence-corrected chi connectivity index (χ0v) is 10.5. The summed E-state index contributed by atoms with van der Waals surface area (Å²) in [7, 11) is 0. The number of nitrogens with zero attached hydrogens (tertiary/aromatic N) is 2. The molecular formula is C11H15N3OS. The van der Waals surface area contributed by atoms with Gasteiger partial charge in [0.2, 0.25) is 0 Å². The third kappa shape index (κ3) is 2.68. The van der Waals surface area contributed by atoms with E-state index in [4.69, 9.17) is 4.52 Å². The van der Waals surface area contributed by atoms with Crippen molar-refractivity contribution in [3.8, 4) is 0 Å². The summed E-state index contributed by atoms with van der Waals surface area (Å²) in [5.74, 6) is 0.842. The predicted molar refractivity (Wildman–Crippen MR) is 63.3 cm³/mol. The summed E-state index contributed by atoms with van der Waals surface area (Å²) < 4.78 is 5.00. The summed E-state index contributed by atoms with van der Waals surface area (Å²) in [4.78, 5) is 4.44. The zero-order valence-electron chi connectivity index (χ0n) is 9.65. The molecule has 0 amide bonds. The molecule has 0 aliphatic rings. The van der Waals surface area contributed by atoms with Crippen molar-refractivity contribution in [1.82, 2.24) is 15.5 Å². The van der Waals surface area contributed by atoms with E-state index in [0.29, 0.717) is 6.54 Å². The minimum atomic E-state index is 0.238. The summed E-state index contributed by atoms with van der Waals surface area (Å²) in [6.45, 7) is 6.71. The Bertz CT molecular complexity index is 463. The van der Waals surface area contributed by atoms with Gasteiger partial charge in [0.05, 0.1) is 16.4 Å². The molecule has 0 aromatic carbocycles. The van der Waals surface area contributed by atoms with E-state index >= 15 is 0 Å². The fourth-order valence-electron chi connectivity index (χ4n) is 1.44. The molecule has 5 heteroatoms. The highest BCUT2D eigenvalue weighted by Crippen LogP contribution is 2.16. The number of rotatable bonds is 4. The van der Waals surface area contributed by atoms with Crippen LogP contribution in [0.25, 0.3) is 0 Å². The highest BCUT2D eigenvalue weighted by Gasteiger charge is 2.09. The first-order chi connectivity index (χ1) is 7.65. The molecule has 0 radical (unpaired) electrons. The molecule has 0 fully saturated rings. The highest BCUT2D eigenvalue weighted by atomic mass is 32.1. The lowest BCUT2D eigenvalue weighted by atomic mass is 10.2. The smallest absolute Gasteiger partial charge is 0.133 e. The number of aryl methyl sites for hydroxylation is 2. The van der Waals surface area contributed by atoms with Crippen LogP contribution in [0, 0.1) is 13.8 Å². The van der Waals surface area contributed by atoms with Crippen molar-refractivity contribution in [2.75, 3.05) is 0 Å². The number of hydrogen-bond acceptors (Lipinski definition) is 5. The van der Waals surface area contributed by atoms with Crippen LogP contribution in [0.15, 0.2) is 16.0 Å². The lowest BCUT2D eigenvalue weighted by molar-refractivity contribution is 0.386. The second-order valence-corrected chi connectivity index (χ2v) is 4.89. The first-order valence-electron chi connectivity index (χ1n) is 5.23. The predicted octanol–water partition coefficient (Wildman–Crippen LogP) is 2.60. The molecule has 0 saturated carbocycles. The van der Waals surface area contributed by atoms with Crippen LogP contribution in [0.4, 0.5) is 0 Å². The number of nitrogens with one attached hydrogen (secondary N) is 1. The number of aromatic nitrogens is 2. The van der Waals surface area contributed by atoms with Gasteiger partial charge < -0.3 is 9.84 Å². The van der Waals surface area contributed by atoms with Crippen LogP contribution >= 0.6 is 11.3 Å². The van der Waals surface area contributed by atoms with E-state index in [1.807, 2.05) is 19.9 Å². The van der Waals surface area contributed by atoms with Crippen molar-refractivity contribution < 1.29 is 4.52 Å². The molecule has 0 aliphatic carbocycles. The van der Waals surface area contributed by atoms with Gasteiger partial charge in [-0.1, -0.05) is 5.16 Å². The van der Waals surface area contributed by atoms with E-state index in [2.05, 4.69) is 27.8 Å². The van der Waals surface area contributed by atoms with Gasteiger partial charge in [-0.2, -0.15) is 0 Å². The van der Waals surface area contributed by atoms with Gasteiger partial charge in [0, 0.05) is 24.0 Å². The van der Waals surface area contributed by atoms with Crippen LogP contribution in [0.2, 0.25) is 0 Å². The standard InChI is InChI=1S/C11H15N3OS/c1-7-4-10(14-15-7)5-12-8(2)11-6-16-9(3)13-11/h4,6,8,12H,5H2,1-3H3. The monoisotopic (exact) mass is 237 g/mol. The van der Waals surface area contributed by atoms with Gasteiger partial charge in [0.1, 0.15) is 5.76 Å². The minimum Gasteiger partial charge on any atom is -0.361 e. The molecule has 86 valence electrons. The fraction of sp³-hybridized carbons (Fsp3) is 0.455. The van der Waals surface area contributed by atoms with E-state index in [-0.39, 0.29) is 6.04 Å². The molecule has 0 aliphatic heterocycles. The van der Waals surface area contributed by atoms with Crippen molar-refractivity contribution in [2.24, 2.45) is 0 Å². The van der Waals surface area contributed by atoms with Crippen LogP contribution in [0.5, 0.6) is 0 Å². The normalized spacial score (nSPS) is 12.9. The molecule has 2 aromatic rings. The van der Waals surface area contributed by atoms with E-state index in [1.165, 1.54) is 0 Å². The van der Waals surface area contributed by atoms with Crippen molar-refractivity contribution in [2.45, 2.75) is 33.4 Å². The van der Waals surface area contributed by atoms with E-state index in [9.17, 15) is 0 Å². The topological polar surface area (TPSA) is 51.0 Å². The third-order valence-corrected chi connectivity index (χ3v) is 3.14. The molecule has 1 atom stereocenters. The Hall–Kier alpha value is -1.20. The Kier molecular flexibility index (Phi) is 3.36. The van der Waals surface area contributed by atoms with Gasteiger partial charge in [0.25, 0.3) is 0 Å². The van der Waals surface area contributed by atoms with Gasteiger partial charge >= 0.3 is 0 Å². The quantitative estimate of drug-likeness (QED) is 0.888. The van der Waals surface area contributed by atoms with E-state index in [0.717, 1.165) is 22.2 Å². The maximum Gasteiger partial charge on any atom is 0.133 e. The van der Waals surface area contributed by atoms with Crippen LogP contribution in [0.1, 0.15) is 35.1 Å². The number of hydrogen-bond donors (Lipinski definition) is 1. The largest absolute Gasteiger partial charge is 0.361 e. The maximum absolute atomic E-state index is 5.00. The Morgan fingerprint density at radius 2 is 2.31 bits per heavy atom. The molecule has 0 spiro atoms. The van der Waals surface area contributed by atoms with E-state index < -0.39 is 0 Å². The lowest BCUT2D eigenvalue weighted by Gasteiger charge is -2.09. The Morgan fingerprint density at radius 3 is 2.88 bits per heavy atom. The molecule has 4 nitrogen and oxygen atoms in total. The molecule has 2 rings (SSSR count). The lowest BCUT2D eigenvalue weighted by Crippen LogP contribution is -2.18. The average molecular weight is 237 g/mol. The molecule has 0 bridgehead atoms. The summed E-state index contributed by atoms with van der Waals surface area (Å²) >= 11 is 1.67. The summed E-state index contributed by atoms with van der Waals surface area (Å²) in [5.41, 5.74) is 2.01. The summed E-state index contributed by atoms with van der Waals surface area (Å²) in [6, 6.07) is 2.17. The second-order valence-electron chi connectivity index (χ2n) is 3.82.